The Morgan fingerprint density at radius 3 is 2.75 bits per heavy atom. The first-order chi connectivity index (χ1) is 11.6. The van der Waals surface area contributed by atoms with Crippen molar-refractivity contribution in [1.29, 1.82) is 0 Å². The molecule has 7 heteroatoms. The van der Waals surface area contributed by atoms with Crippen molar-refractivity contribution >= 4 is 17.7 Å². The molecule has 0 saturated heterocycles. The Kier molecular flexibility index (Phi) is 5.00. The zero-order valence-electron chi connectivity index (χ0n) is 13.5. The van der Waals surface area contributed by atoms with Crippen LogP contribution >= 0.6 is 11.8 Å². The molecule has 1 atom stereocenters. The lowest BCUT2D eigenvalue weighted by Gasteiger charge is -2.13. The van der Waals surface area contributed by atoms with E-state index in [9.17, 15) is 4.79 Å². The van der Waals surface area contributed by atoms with E-state index in [1.807, 2.05) is 54.9 Å². The van der Waals surface area contributed by atoms with E-state index in [0.29, 0.717) is 16.7 Å². The first-order valence-electron chi connectivity index (χ1n) is 7.55. The average Bonchev–Trinajstić information content (AvgIpc) is 3.23. The number of benzene rings is 1. The summed E-state index contributed by atoms with van der Waals surface area (Å²) < 4.78 is 7.15. The van der Waals surface area contributed by atoms with Gasteiger partial charge in [0.15, 0.2) is 16.7 Å². The molecule has 0 spiro atoms. The van der Waals surface area contributed by atoms with E-state index in [0.717, 1.165) is 5.56 Å². The number of nitrogens with zero attached hydrogens (tertiary/aromatic N) is 3. The second-order valence-electron chi connectivity index (χ2n) is 5.33. The summed E-state index contributed by atoms with van der Waals surface area (Å²) in [5.41, 5.74) is 1.08. The summed E-state index contributed by atoms with van der Waals surface area (Å²) >= 11 is 1.35. The van der Waals surface area contributed by atoms with Gasteiger partial charge in [0.2, 0.25) is 5.91 Å². The fourth-order valence-electron chi connectivity index (χ4n) is 2.30. The molecule has 1 amide bonds. The molecule has 0 radical (unpaired) electrons. The quantitative estimate of drug-likeness (QED) is 0.697. The fraction of sp³-hybridized carbons (Fsp3) is 0.235. The molecule has 1 N–H and O–H groups in total. The Bertz CT molecular complexity index is 799. The maximum Gasteiger partial charge on any atom is 0.230 e. The summed E-state index contributed by atoms with van der Waals surface area (Å²) in [6.07, 6.45) is 1.59. The number of carbonyl (C=O) groups is 1. The summed E-state index contributed by atoms with van der Waals surface area (Å²) in [5.74, 6) is 1.53. The van der Waals surface area contributed by atoms with Gasteiger partial charge < -0.3 is 14.3 Å². The van der Waals surface area contributed by atoms with E-state index < -0.39 is 0 Å². The van der Waals surface area contributed by atoms with Crippen LogP contribution < -0.4 is 5.32 Å². The highest BCUT2D eigenvalue weighted by Gasteiger charge is 2.15. The normalized spacial score (nSPS) is 12.1. The van der Waals surface area contributed by atoms with Crippen molar-refractivity contribution in [3.05, 3.63) is 54.3 Å². The van der Waals surface area contributed by atoms with Crippen molar-refractivity contribution in [3.8, 4) is 11.6 Å². The third-order valence-electron chi connectivity index (χ3n) is 3.59. The highest BCUT2D eigenvalue weighted by atomic mass is 32.2. The Hall–Kier alpha value is -2.54. The molecule has 3 rings (SSSR count). The topological polar surface area (TPSA) is 73.0 Å². The van der Waals surface area contributed by atoms with E-state index >= 15 is 0 Å². The van der Waals surface area contributed by atoms with E-state index in [1.54, 1.807) is 12.3 Å². The van der Waals surface area contributed by atoms with Crippen molar-refractivity contribution in [2.24, 2.45) is 7.05 Å². The van der Waals surface area contributed by atoms with Gasteiger partial charge in [0.05, 0.1) is 18.1 Å². The van der Waals surface area contributed by atoms with Crippen LogP contribution in [0.15, 0.2) is 58.3 Å². The predicted octanol–water partition coefficient (Wildman–Crippen LogP) is 3.04. The summed E-state index contributed by atoms with van der Waals surface area (Å²) in [5, 5.41) is 11.9. The van der Waals surface area contributed by atoms with Crippen LogP contribution in [0.4, 0.5) is 0 Å². The van der Waals surface area contributed by atoms with Gasteiger partial charge in [-0.05, 0) is 24.6 Å². The Labute approximate surface area is 144 Å². The molecule has 3 aromatic rings. The zero-order valence-corrected chi connectivity index (χ0v) is 14.3. The van der Waals surface area contributed by atoms with Gasteiger partial charge in [-0.25, -0.2) is 0 Å². The highest BCUT2D eigenvalue weighted by Crippen LogP contribution is 2.22. The average molecular weight is 342 g/mol. The van der Waals surface area contributed by atoms with Gasteiger partial charge in [-0.2, -0.15) is 0 Å². The number of hydrogen-bond acceptors (Lipinski definition) is 5. The van der Waals surface area contributed by atoms with E-state index in [-0.39, 0.29) is 17.7 Å². The SMILES string of the molecule is CC(NC(=O)CSc1nnc(-c2ccco2)n1C)c1ccccc1. The van der Waals surface area contributed by atoms with E-state index in [4.69, 9.17) is 4.42 Å². The number of furan rings is 1. The van der Waals surface area contributed by atoms with Crippen LogP contribution in [0.25, 0.3) is 11.6 Å². The van der Waals surface area contributed by atoms with Crippen LogP contribution in [0.2, 0.25) is 0 Å². The van der Waals surface area contributed by atoms with E-state index in [1.165, 1.54) is 11.8 Å². The van der Waals surface area contributed by atoms with Gasteiger partial charge in [-0.3, -0.25) is 4.79 Å². The van der Waals surface area contributed by atoms with Gasteiger partial charge in [0.25, 0.3) is 0 Å². The molecule has 124 valence electrons. The molecule has 0 saturated carbocycles. The number of amides is 1. The monoisotopic (exact) mass is 342 g/mol. The lowest BCUT2D eigenvalue weighted by molar-refractivity contribution is -0.119. The van der Waals surface area contributed by atoms with Gasteiger partial charge in [0.1, 0.15) is 0 Å². The maximum absolute atomic E-state index is 12.1. The Morgan fingerprint density at radius 2 is 2.04 bits per heavy atom. The second-order valence-corrected chi connectivity index (χ2v) is 6.27. The van der Waals surface area contributed by atoms with Crippen LogP contribution in [-0.4, -0.2) is 26.4 Å². The Balaban J connectivity index is 1.57. The highest BCUT2D eigenvalue weighted by molar-refractivity contribution is 7.99. The van der Waals surface area contributed by atoms with Crippen molar-refractivity contribution in [1.82, 2.24) is 20.1 Å². The lowest BCUT2D eigenvalue weighted by Crippen LogP contribution is -2.28. The molecule has 2 heterocycles. The molecule has 1 aromatic carbocycles. The number of hydrogen-bond donors (Lipinski definition) is 1. The number of thioether (sulfide) groups is 1. The molecule has 0 fully saturated rings. The molecular formula is C17H18N4O2S. The van der Waals surface area contributed by atoms with E-state index in [2.05, 4.69) is 15.5 Å². The van der Waals surface area contributed by atoms with Crippen molar-refractivity contribution in [3.63, 3.8) is 0 Å². The molecule has 24 heavy (non-hydrogen) atoms. The lowest BCUT2D eigenvalue weighted by atomic mass is 10.1. The van der Waals surface area contributed by atoms with Crippen molar-refractivity contribution < 1.29 is 9.21 Å². The fourth-order valence-corrected chi connectivity index (χ4v) is 3.02. The number of carbonyl (C=O) groups excluding carboxylic acids is 1. The zero-order chi connectivity index (χ0) is 16.9. The van der Waals surface area contributed by atoms with Gasteiger partial charge in [-0.15, -0.1) is 10.2 Å². The van der Waals surface area contributed by atoms with Crippen molar-refractivity contribution in [2.75, 3.05) is 5.75 Å². The molecule has 0 aliphatic carbocycles. The van der Waals surface area contributed by atoms with Gasteiger partial charge in [0, 0.05) is 7.05 Å². The van der Waals surface area contributed by atoms with Crippen LogP contribution in [0, 0.1) is 0 Å². The summed E-state index contributed by atoms with van der Waals surface area (Å²) in [6, 6.07) is 13.5. The van der Waals surface area contributed by atoms with Crippen LogP contribution in [0.3, 0.4) is 0 Å². The maximum atomic E-state index is 12.1. The molecule has 2 aromatic heterocycles. The number of aromatic nitrogens is 3. The molecule has 0 aliphatic heterocycles. The first kappa shape index (κ1) is 16.3. The summed E-state index contributed by atoms with van der Waals surface area (Å²) in [4.78, 5) is 12.1. The predicted molar refractivity (Wildman–Crippen MR) is 92.4 cm³/mol. The minimum Gasteiger partial charge on any atom is -0.461 e. The largest absolute Gasteiger partial charge is 0.461 e. The van der Waals surface area contributed by atoms with Crippen LogP contribution in [-0.2, 0) is 11.8 Å². The molecule has 0 bridgehead atoms. The molecule has 6 nitrogen and oxygen atoms in total. The third-order valence-corrected chi connectivity index (χ3v) is 4.61. The van der Waals surface area contributed by atoms with Gasteiger partial charge in [-0.1, -0.05) is 42.1 Å². The first-order valence-corrected chi connectivity index (χ1v) is 8.54. The second kappa shape index (κ2) is 7.35. The number of nitrogens with one attached hydrogen (secondary N) is 1. The minimum atomic E-state index is -0.0427. The van der Waals surface area contributed by atoms with Crippen molar-refractivity contribution in [2.45, 2.75) is 18.1 Å². The van der Waals surface area contributed by atoms with Crippen LogP contribution in [0.1, 0.15) is 18.5 Å². The summed E-state index contributed by atoms with van der Waals surface area (Å²) in [6.45, 7) is 1.97. The molecule has 1 unspecified atom stereocenters. The molecule has 0 aliphatic rings. The Morgan fingerprint density at radius 1 is 1.25 bits per heavy atom. The third kappa shape index (κ3) is 3.68. The minimum absolute atomic E-state index is 0.0301. The smallest absolute Gasteiger partial charge is 0.230 e. The van der Waals surface area contributed by atoms with Crippen LogP contribution in [0.5, 0.6) is 0 Å². The summed E-state index contributed by atoms with van der Waals surface area (Å²) in [7, 11) is 1.85. The standard InChI is InChI=1S/C17H18N4O2S/c1-12(13-7-4-3-5-8-13)18-15(22)11-24-17-20-19-16(21(17)2)14-9-6-10-23-14/h3-10,12H,11H2,1-2H3,(H,18,22). The van der Waals surface area contributed by atoms with Gasteiger partial charge >= 0.3 is 0 Å². The molecular weight excluding hydrogens is 324 g/mol. The number of rotatable bonds is 6.